The summed E-state index contributed by atoms with van der Waals surface area (Å²) in [5.41, 5.74) is -0.342. The van der Waals surface area contributed by atoms with Gasteiger partial charge in [0.1, 0.15) is 29.8 Å². The van der Waals surface area contributed by atoms with Gasteiger partial charge in [-0.3, -0.25) is 4.99 Å². The molecule has 0 saturated carbocycles. The SMILES string of the molecule is CCCCCC[C@H](O)[C@H]1O[C@@H]2SC(N(C)C)=N[C@@H]2[C@@H](O)[C@@H]1O. The molecule has 2 aliphatic rings. The number of rotatable bonds is 6. The molecule has 0 aromatic carbocycles. The summed E-state index contributed by atoms with van der Waals surface area (Å²) in [7, 11) is 3.76. The number of unbranched alkanes of at least 4 members (excludes halogenated alkanes) is 3. The molecule has 0 aliphatic carbocycles. The first kappa shape index (κ1) is 18.0. The highest BCUT2D eigenvalue weighted by molar-refractivity contribution is 8.14. The number of hydrogen-bond donors (Lipinski definition) is 3. The van der Waals surface area contributed by atoms with Crippen LogP contribution in [0.25, 0.3) is 0 Å². The van der Waals surface area contributed by atoms with Crippen molar-refractivity contribution in [3.8, 4) is 0 Å². The summed E-state index contributed by atoms with van der Waals surface area (Å²) >= 11 is 1.43. The zero-order chi connectivity index (χ0) is 16.3. The van der Waals surface area contributed by atoms with Crippen LogP contribution in [0.4, 0.5) is 0 Å². The largest absolute Gasteiger partial charge is 0.390 e. The Morgan fingerprint density at radius 1 is 1.23 bits per heavy atom. The van der Waals surface area contributed by atoms with Gasteiger partial charge >= 0.3 is 0 Å². The van der Waals surface area contributed by atoms with Gasteiger partial charge in [0.05, 0.1) is 6.10 Å². The van der Waals surface area contributed by atoms with E-state index in [4.69, 9.17) is 4.74 Å². The lowest BCUT2D eigenvalue weighted by Crippen LogP contribution is -2.58. The van der Waals surface area contributed by atoms with Crippen LogP contribution in [-0.2, 0) is 4.74 Å². The monoisotopic (exact) mass is 332 g/mol. The molecule has 6 nitrogen and oxygen atoms in total. The van der Waals surface area contributed by atoms with Crippen LogP contribution in [0.1, 0.15) is 39.0 Å². The number of ether oxygens (including phenoxy) is 1. The van der Waals surface area contributed by atoms with Crippen molar-refractivity contribution in [2.24, 2.45) is 4.99 Å². The predicted molar refractivity (Wildman–Crippen MR) is 87.9 cm³/mol. The van der Waals surface area contributed by atoms with E-state index in [1.807, 2.05) is 19.0 Å². The molecule has 2 aliphatic heterocycles. The molecule has 2 rings (SSSR count). The zero-order valence-electron chi connectivity index (χ0n) is 13.6. The number of aliphatic hydroxyl groups excluding tert-OH is 3. The Balaban J connectivity index is 1.93. The Kier molecular flexibility index (Phi) is 6.52. The Hall–Kier alpha value is -0.340. The summed E-state index contributed by atoms with van der Waals surface area (Å²) < 4.78 is 5.85. The number of amidine groups is 1. The number of aliphatic imine (C=N–C) groups is 1. The molecule has 0 radical (unpaired) electrons. The summed E-state index contributed by atoms with van der Waals surface area (Å²) in [6, 6.07) is -0.471. The smallest absolute Gasteiger partial charge is 0.161 e. The molecule has 22 heavy (non-hydrogen) atoms. The molecule has 6 atom stereocenters. The maximum absolute atomic E-state index is 10.3. The van der Waals surface area contributed by atoms with Gasteiger partial charge in [-0.05, 0) is 6.42 Å². The van der Waals surface area contributed by atoms with Gasteiger partial charge in [0.15, 0.2) is 5.17 Å². The van der Waals surface area contributed by atoms with Gasteiger partial charge in [-0.15, -0.1) is 0 Å². The molecule has 0 bridgehead atoms. The lowest BCUT2D eigenvalue weighted by molar-refractivity contribution is -0.185. The summed E-state index contributed by atoms with van der Waals surface area (Å²) in [5.74, 6) is 0. The summed E-state index contributed by atoms with van der Waals surface area (Å²) in [6.07, 6.45) is 1.22. The fourth-order valence-corrected chi connectivity index (χ4v) is 4.00. The van der Waals surface area contributed by atoms with E-state index in [9.17, 15) is 15.3 Å². The van der Waals surface area contributed by atoms with E-state index in [0.717, 1.165) is 30.9 Å². The highest BCUT2D eigenvalue weighted by atomic mass is 32.2. The maximum Gasteiger partial charge on any atom is 0.161 e. The van der Waals surface area contributed by atoms with Crippen LogP contribution < -0.4 is 0 Å². The topological polar surface area (TPSA) is 85.5 Å². The van der Waals surface area contributed by atoms with Gasteiger partial charge in [-0.25, -0.2) is 0 Å². The lowest BCUT2D eigenvalue weighted by Gasteiger charge is -2.40. The van der Waals surface area contributed by atoms with E-state index < -0.39 is 30.5 Å². The molecular formula is C15H28N2O4S. The number of nitrogens with zero attached hydrogens (tertiary/aromatic N) is 2. The number of aliphatic hydroxyl groups is 3. The van der Waals surface area contributed by atoms with Crippen molar-refractivity contribution in [1.82, 2.24) is 4.90 Å². The van der Waals surface area contributed by atoms with Crippen LogP contribution in [-0.4, -0.2) is 75.4 Å². The van der Waals surface area contributed by atoms with Crippen LogP contribution in [0.15, 0.2) is 4.99 Å². The molecule has 2 heterocycles. The molecule has 0 unspecified atom stereocenters. The van der Waals surface area contributed by atoms with E-state index in [-0.39, 0.29) is 5.44 Å². The van der Waals surface area contributed by atoms with Gasteiger partial charge in [0.25, 0.3) is 0 Å². The minimum Gasteiger partial charge on any atom is -0.390 e. The third-order valence-electron chi connectivity index (χ3n) is 4.20. The van der Waals surface area contributed by atoms with Crippen molar-refractivity contribution in [3.63, 3.8) is 0 Å². The minimum absolute atomic E-state index is 0.342. The van der Waals surface area contributed by atoms with E-state index in [1.54, 1.807) is 0 Å². The molecular weight excluding hydrogens is 304 g/mol. The fraction of sp³-hybridized carbons (Fsp3) is 0.933. The van der Waals surface area contributed by atoms with Gasteiger partial charge in [-0.2, -0.15) is 0 Å². The minimum atomic E-state index is -1.10. The number of hydrogen-bond acceptors (Lipinski definition) is 7. The highest BCUT2D eigenvalue weighted by Gasteiger charge is 2.50. The highest BCUT2D eigenvalue weighted by Crippen LogP contribution is 2.38. The van der Waals surface area contributed by atoms with Gasteiger partial charge in [0.2, 0.25) is 0 Å². The Labute approximate surface area is 136 Å². The van der Waals surface area contributed by atoms with E-state index in [0.29, 0.717) is 6.42 Å². The van der Waals surface area contributed by atoms with Crippen LogP contribution in [0.2, 0.25) is 0 Å². The van der Waals surface area contributed by atoms with Gasteiger partial charge in [-0.1, -0.05) is 44.4 Å². The molecule has 0 aromatic heterocycles. The van der Waals surface area contributed by atoms with Crippen molar-refractivity contribution in [2.75, 3.05) is 14.1 Å². The van der Waals surface area contributed by atoms with Crippen molar-refractivity contribution in [1.29, 1.82) is 0 Å². The molecule has 0 amide bonds. The second kappa shape index (κ2) is 7.97. The first-order chi connectivity index (χ1) is 10.5. The van der Waals surface area contributed by atoms with Crippen molar-refractivity contribution in [3.05, 3.63) is 0 Å². The Morgan fingerprint density at radius 3 is 2.59 bits per heavy atom. The van der Waals surface area contributed by atoms with E-state index in [1.165, 1.54) is 11.8 Å². The van der Waals surface area contributed by atoms with Crippen LogP contribution in [0, 0.1) is 0 Å². The van der Waals surface area contributed by atoms with E-state index in [2.05, 4.69) is 11.9 Å². The number of thioether (sulfide) groups is 1. The Morgan fingerprint density at radius 2 is 1.95 bits per heavy atom. The second-order valence-corrected chi connectivity index (χ2v) is 7.35. The first-order valence-electron chi connectivity index (χ1n) is 8.07. The van der Waals surface area contributed by atoms with Crippen LogP contribution >= 0.6 is 11.8 Å². The van der Waals surface area contributed by atoms with Crippen molar-refractivity contribution in [2.45, 2.75) is 74.9 Å². The molecule has 1 saturated heterocycles. The summed E-state index contributed by atoms with van der Waals surface area (Å²) in [5, 5.41) is 31.6. The fourth-order valence-electron chi connectivity index (χ4n) is 2.85. The maximum atomic E-state index is 10.3. The quantitative estimate of drug-likeness (QED) is 0.624. The normalized spacial score (nSPS) is 35.9. The third kappa shape index (κ3) is 3.94. The van der Waals surface area contributed by atoms with Gasteiger partial charge in [0, 0.05) is 14.1 Å². The van der Waals surface area contributed by atoms with E-state index >= 15 is 0 Å². The van der Waals surface area contributed by atoms with Crippen LogP contribution in [0.3, 0.4) is 0 Å². The molecule has 3 N–H and O–H groups in total. The van der Waals surface area contributed by atoms with Crippen molar-refractivity contribution >= 4 is 16.9 Å². The van der Waals surface area contributed by atoms with Gasteiger partial charge < -0.3 is 25.0 Å². The predicted octanol–water partition coefficient (Wildman–Crippen LogP) is 0.797. The Bertz CT molecular complexity index is 394. The zero-order valence-corrected chi connectivity index (χ0v) is 14.4. The molecule has 128 valence electrons. The summed E-state index contributed by atoms with van der Waals surface area (Å²) in [6.45, 7) is 2.14. The molecule has 1 fully saturated rings. The first-order valence-corrected chi connectivity index (χ1v) is 8.95. The van der Waals surface area contributed by atoms with Crippen LogP contribution in [0.5, 0.6) is 0 Å². The second-order valence-electron chi connectivity index (χ2n) is 6.28. The molecule has 0 aromatic rings. The average molecular weight is 332 g/mol. The molecule has 7 heteroatoms. The third-order valence-corrected chi connectivity index (χ3v) is 5.51. The lowest BCUT2D eigenvalue weighted by atomic mass is 9.92. The van der Waals surface area contributed by atoms with Crippen molar-refractivity contribution < 1.29 is 20.1 Å². The standard InChI is InChI=1S/C15H28N2O4S/c1-4-5-6-7-8-9(18)13-12(20)11(19)10-14(21-13)22-15(16-10)17(2)3/h9-14,18-20H,4-8H2,1-3H3/t9-,10+,11+,12-,13+,14+/m0/s1. The molecule has 0 spiro atoms. The summed E-state index contributed by atoms with van der Waals surface area (Å²) in [4.78, 5) is 6.27. The average Bonchev–Trinajstić information content (AvgIpc) is 2.91. The number of fused-ring (bicyclic) bond motifs is 1.